The molecule has 6 heteroatoms. The number of imidazole rings is 1. The molecule has 0 aliphatic rings. The Morgan fingerprint density at radius 3 is 2.43 bits per heavy atom. The van der Waals surface area contributed by atoms with Crippen LogP contribution < -0.4 is 4.57 Å². The zero-order valence-electron chi connectivity index (χ0n) is 8.51. The molecule has 0 saturated heterocycles. The molecule has 1 rings (SSSR count). The van der Waals surface area contributed by atoms with Crippen molar-refractivity contribution in [2.24, 2.45) is 7.05 Å². The predicted molar refractivity (Wildman–Crippen MR) is 51.2 cm³/mol. The predicted octanol–water partition coefficient (Wildman–Crippen LogP) is -0.0210. The van der Waals surface area contributed by atoms with Crippen LogP contribution in [0.1, 0.15) is 13.8 Å². The third-order valence-corrected chi connectivity index (χ3v) is 3.61. The largest absolute Gasteiger partial charge is 0.285 e. The summed E-state index contributed by atoms with van der Waals surface area (Å²) in [6.07, 6.45) is 5.32. The minimum Gasteiger partial charge on any atom is -0.285 e. The maximum Gasteiger partial charge on any atom is 0.274 e. The van der Waals surface area contributed by atoms with E-state index in [9.17, 15) is 8.42 Å². The standard InChI is InChI=1S/C8H14N2O3S/c1-8(2,14(11,12)13)6-10-5-4-9(3)7-10/h4-5,7H,6H2,1-3H3/p+1. The van der Waals surface area contributed by atoms with Gasteiger partial charge in [0.1, 0.15) is 23.7 Å². The zero-order valence-corrected chi connectivity index (χ0v) is 9.32. The first-order valence-electron chi connectivity index (χ1n) is 4.20. The smallest absolute Gasteiger partial charge is 0.274 e. The van der Waals surface area contributed by atoms with Crippen molar-refractivity contribution < 1.29 is 17.5 Å². The summed E-state index contributed by atoms with van der Waals surface area (Å²) in [5, 5.41) is 0. The Kier molecular flexibility index (Phi) is 2.69. The number of aromatic nitrogens is 2. The fourth-order valence-corrected chi connectivity index (χ4v) is 1.43. The normalized spacial score (nSPS) is 13.1. The lowest BCUT2D eigenvalue weighted by Gasteiger charge is -2.17. The fraction of sp³-hybridized carbons (Fsp3) is 0.625. The highest BCUT2D eigenvalue weighted by atomic mass is 32.2. The molecular formula is C8H15N2O3S+. The van der Waals surface area contributed by atoms with Crippen molar-refractivity contribution >= 4 is 10.1 Å². The first kappa shape index (κ1) is 11.2. The molecule has 0 aliphatic heterocycles. The Hall–Kier alpha value is -0.880. The van der Waals surface area contributed by atoms with Crippen molar-refractivity contribution in [2.45, 2.75) is 25.1 Å². The van der Waals surface area contributed by atoms with Gasteiger partial charge in [-0.2, -0.15) is 8.42 Å². The lowest BCUT2D eigenvalue weighted by atomic mass is 10.2. The topological polar surface area (TPSA) is 63.2 Å². The van der Waals surface area contributed by atoms with Crippen LogP contribution >= 0.6 is 0 Å². The first-order chi connectivity index (χ1) is 6.22. The van der Waals surface area contributed by atoms with Crippen LogP contribution in [0.25, 0.3) is 0 Å². The zero-order chi connectivity index (χ0) is 11.0. The Bertz CT molecular complexity index is 420. The molecule has 5 nitrogen and oxygen atoms in total. The van der Waals surface area contributed by atoms with Crippen LogP contribution in [-0.2, 0) is 23.7 Å². The van der Waals surface area contributed by atoms with Gasteiger partial charge in [-0.05, 0) is 13.8 Å². The fourth-order valence-electron chi connectivity index (χ4n) is 1.12. The van der Waals surface area contributed by atoms with Crippen molar-refractivity contribution in [2.75, 3.05) is 0 Å². The maximum atomic E-state index is 11.0. The quantitative estimate of drug-likeness (QED) is 0.574. The van der Waals surface area contributed by atoms with Crippen LogP contribution in [0.15, 0.2) is 18.7 Å². The van der Waals surface area contributed by atoms with E-state index in [-0.39, 0.29) is 6.54 Å². The molecule has 14 heavy (non-hydrogen) atoms. The van der Waals surface area contributed by atoms with Crippen LogP contribution in [0.3, 0.4) is 0 Å². The summed E-state index contributed by atoms with van der Waals surface area (Å²) >= 11 is 0. The van der Waals surface area contributed by atoms with Crippen LogP contribution in [0.4, 0.5) is 0 Å². The van der Waals surface area contributed by atoms with Gasteiger partial charge in [-0.25, -0.2) is 9.13 Å². The Morgan fingerprint density at radius 2 is 2.07 bits per heavy atom. The summed E-state index contributed by atoms with van der Waals surface area (Å²) < 4.78 is 33.3. The molecule has 0 spiro atoms. The Balaban J connectivity index is 2.89. The molecule has 1 aromatic rings. The van der Waals surface area contributed by atoms with Crippen molar-refractivity contribution in [3.8, 4) is 0 Å². The summed E-state index contributed by atoms with van der Waals surface area (Å²) in [4.78, 5) is 0. The van der Waals surface area contributed by atoms with E-state index in [1.807, 2.05) is 7.05 Å². The van der Waals surface area contributed by atoms with E-state index < -0.39 is 14.9 Å². The van der Waals surface area contributed by atoms with E-state index in [1.54, 1.807) is 27.9 Å². The summed E-state index contributed by atoms with van der Waals surface area (Å²) in [6, 6.07) is 0. The van der Waals surface area contributed by atoms with Crippen molar-refractivity contribution in [3.63, 3.8) is 0 Å². The molecule has 0 fully saturated rings. The van der Waals surface area contributed by atoms with E-state index in [0.29, 0.717) is 0 Å². The van der Waals surface area contributed by atoms with Gasteiger partial charge in [0.2, 0.25) is 6.33 Å². The Labute approximate surface area is 83.7 Å². The lowest BCUT2D eigenvalue weighted by Crippen LogP contribution is -2.36. The van der Waals surface area contributed by atoms with E-state index in [4.69, 9.17) is 4.55 Å². The van der Waals surface area contributed by atoms with Gasteiger partial charge in [-0.1, -0.05) is 0 Å². The van der Waals surface area contributed by atoms with Gasteiger partial charge in [0, 0.05) is 0 Å². The molecule has 0 aromatic carbocycles. The molecule has 80 valence electrons. The monoisotopic (exact) mass is 219 g/mol. The van der Waals surface area contributed by atoms with Gasteiger partial charge < -0.3 is 0 Å². The van der Waals surface area contributed by atoms with Crippen LogP contribution in [-0.4, -0.2) is 22.3 Å². The van der Waals surface area contributed by atoms with Crippen LogP contribution in [0.5, 0.6) is 0 Å². The average molecular weight is 219 g/mol. The molecule has 0 aliphatic carbocycles. The van der Waals surface area contributed by atoms with Crippen LogP contribution in [0.2, 0.25) is 0 Å². The molecule has 1 N–H and O–H groups in total. The highest BCUT2D eigenvalue weighted by molar-refractivity contribution is 7.87. The Morgan fingerprint density at radius 1 is 1.50 bits per heavy atom. The maximum absolute atomic E-state index is 11.0. The van der Waals surface area contributed by atoms with Crippen molar-refractivity contribution in [1.82, 2.24) is 4.57 Å². The number of nitrogens with zero attached hydrogens (tertiary/aromatic N) is 2. The van der Waals surface area contributed by atoms with Gasteiger partial charge >= 0.3 is 0 Å². The lowest BCUT2D eigenvalue weighted by molar-refractivity contribution is -0.671. The van der Waals surface area contributed by atoms with Gasteiger partial charge in [0.25, 0.3) is 10.1 Å². The average Bonchev–Trinajstić information content (AvgIpc) is 2.31. The van der Waals surface area contributed by atoms with Crippen molar-refractivity contribution in [1.29, 1.82) is 0 Å². The SMILES string of the molecule is C[n+]1ccn(CC(C)(C)S(=O)(=O)O)c1. The number of rotatable bonds is 3. The summed E-state index contributed by atoms with van der Waals surface area (Å²) in [5.74, 6) is 0. The molecule has 0 atom stereocenters. The highest BCUT2D eigenvalue weighted by Gasteiger charge is 2.35. The van der Waals surface area contributed by atoms with Gasteiger partial charge in [-0.3, -0.25) is 4.55 Å². The van der Waals surface area contributed by atoms with Gasteiger partial charge in [0.05, 0.1) is 7.05 Å². The summed E-state index contributed by atoms with van der Waals surface area (Å²) in [5.41, 5.74) is 0. The van der Waals surface area contributed by atoms with Crippen molar-refractivity contribution in [3.05, 3.63) is 18.7 Å². The van der Waals surface area contributed by atoms with E-state index in [1.165, 1.54) is 13.8 Å². The van der Waals surface area contributed by atoms with Crippen LogP contribution in [0, 0.1) is 0 Å². The highest BCUT2D eigenvalue weighted by Crippen LogP contribution is 2.16. The van der Waals surface area contributed by atoms with E-state index >= 15 is 0 Å². The minimum atomic E-state index is -4.02. The molecule has 0 radical (unpaired) electrons. The first-order valence-corrected chi connectivity index (χ1v) is 5.64. The summed E-state index contributed by atoms with van der Waals surface area (Å²) in [7, 11) is -2.18. The second kappa shape index (κ2) is 3.36. The number of aryl methyl sites for hydroxylation is 1. The van der Waals surface area contributed by atoms with Gasteiger partial charge in [-0.15, -0.1) is 0 Å². The minimum absolute atomic E-state index is 0.229. The van der Waals surface area contributed by atoms with E-state index in [0.717, 1.165) is 0 Å². The molecule has 0 saturated carbocycles. The summed E-state index contributed by atoms with van der Waals surface area (Å²) in [6.45, 7) is 3.21. The molecule has 0 amide bonds. The molecule has 0 unspecified atom stereocenters. The molecular weight excluding hydrogens is 204 g/mol. The number of hydrogen-bond donors (Lipinski definition) is 1. The number of hydrogen-bond acceptors (Lipinski definition) is 2. The van der Waals surface area contributed by atoms with E-state index in [2.05, 4.69) is 0 Å². The second-order valence-electron chi connectivity index (χ2n) is 3.99. The third-order valence-electron chi connectivity index (χ3n) is 2.09. The second-order valence-corrected chi connectivity index (χ2v) is 6.04. The third kappa shape index (κ3) is 2.33. The molecule has 1 aromatic heterocycles. The molecule has 1 heterocycles. The molecule has 0 bridgehead atoms. The van der Waals surface area contributed by atoms with Gasteiger partial charge in [0.15, 0.2) is 0 Å².